The smallest absolute Gasteiger partial charge is 0.253 e. The second-order valence-corrected chi connectivity index (χ2v) is 6.23. The zero-order chi connectivity index (χ0) is 19.6. The van der Waals surface area contributed by atoms with E-state index < -0.39 is 23.5 Å². The van der Waals surface area contributed by atoms with Crippen molar-refractivity contribution in [1.82, 2.24) is 5.32 Å². The first-order chi connectivity index (χ1) is 12.9. The summed E-state index contributed by atoms with van der Waals surface area (Å²) in [4.78, 5) is 24.6. The predicted octanol–water partition coefficient (Wildman–Crippen LogP) is 3.41. The van der Waals surface area contributed by atoms with Gasteiger partial charge in [-0.2, -0.15) is 0 Å². The lowest BCUT2D eigenvalue weighted by Gasteiger charge is -2.24. The van der Waals surface area contributed by atoms with Crippen LogP contribution in [0.15, 0.2) is 48.2 Å². The monoisotopic (exact) mass is 372 g/mol. The first-order valence-corrected chi connectivity index (χ1v) is 8.29. The van der Waals surface area contributed by atoms with Gasteiger partial charge in [0.25, 0.3) is 5.91 Å². The van der Waals surface area contributed by atoms with Crippen LogP contribution in [0.25, 0.3) is 0 Å². The molecule has 1 aliphatic rings. The molecule has 1 aliphatic heterocycles. The first kappa shape index (κ1) is 18.6. The number of amides is 2. The van der Waals surface area contributed by atoms with Crippen LogP contribution in [-0.2, 0) is 9.59 Å². The highest BCUT2D eigenvalue weighted by Crippen LogP contribution is 2.32. The maximum Gasteiger partial charge on any atom is 0.253 e. The van der Waals surface area contributed by atoms with E-state index >= 15 is 0 Å². The number of carbonyl (C=O) groups excluding carboxylic acids is 2. The van der Waals surface area contributed by atoms with Crippen molar-refractivity contribution >= 4 is 17.5 Å². The lowest BCUT2D eigenvalue weighted by molar-refractivity contribution is -0.121. The fourth-order valence-corrected chi connectivity index (χ4v) is 3.00. The highest BCUT2D eigenvalue weighted by molar-refractivity contribution is 6.06. The highest BCUT2D eigenvalue weighted by Gasteiger charge is 2.29. The first-order valence-electron chi connectivity index (χ1n) is 8.29. The molecule has 0 saturated heterocycles. The number of rotatable bonds is 4. The minimum absolute atomic E-state index is 0.00325. The summed E-state index contributed by atoms with van der Waals surface area (Å²) in [5.41, 5.74) is 1.71. The maximum absolute atomic E-state index is 13.8. The third-order valence-electron chi connectivity index (χ3n) is 4.41. The summed E-state index contributed by atoms with van der Waals surface area (Å²) in [6.07, 6.45) is 1.35. The molecule has 0 saturated carbocycles. The third kappa shape index (κ3) is 3.97. The molecular formula is C20H18F2N2O3. The molecular weight excluding hydrogens is 354 g/mol. The molecule has 5 nitrogen and oxygen atoms in total. The van der Waals surface area contributed by atoms with Gasteiger partial charge in [-0.25, -0.2) is 8.78 Å². The Morgan fingerprint density at radius 2 is 2.04 bits per heavy atom. The molecule has 1 atom stereocenters. The normalized spacial score (nSPS) is 16.4. The average molecular weight is 372 g/mol. The Kier molecular flexibility index (Phi) is 5.21. The number of hydrogen-bond donors (Lipinski definition) is 2. The maximum atomic E-state index is 13.8. The van der Waals surface area contributed by atoms with Crippen LogP contribution in [0.5, 0.6) is 5.75 Å². The average Bonchev–Trinajstić information content (AvgIpc) is 2.63. The predicted molar refractivity (Wildman–Crippen MR) is 96.3 cm³/mol. The Balaban J connectivity index is 1.91. The van der Waals surface area contributed by atoms with Gasteiger partial charge in [0.05, 0.1) is 7.11 Å². The third-order valence-corrected chi connectivity index (χ3v) is 4.41. The molecule has 0 fully saturated rings. The molecule has 0 aliphatic carbocycles. The van der Waals surface area contributed by atoms with Gasteiger partial charge in [0.15, 0.2) is 11.6 Å². The summed E-state index contributed by atoms with van der Waals surface area (Å²) in [6, 6.07) is 8.44. The van der Waals surface area contributed by atoms with Crippen LogP contribution in [0.3, 0.4) is 0 Å². The standard InChI is InChI=1S/C20H18F2N2O3/c1-11-6-16(22)18(27-2)9-17(11)24-20(26)15-10-23-19(25)8-14(15)12-4-3-5-13(21)7-12/h3-7,9-10,14H,8H2,1-2H3,(H,23,25)(H,24,26). The number of methoxy groups -OCH3 is 1. The zero-order valence-corrected chi connectivity index (χ0v) is 14.8. The van der Waals surface area contributed by atoms with Crippen molar-refractivity contribution in [1.29, 1.82) is 0 Å². The molecule has 2 N–H and O–H groups in total. The molecule has 2 aromatic carbocycles. The van der Waals surface area contributed by atoms with Gasteiger partial charge in [0.2, 0.25) is 5.91 Å². The Labute approximate surface area is 155 Å². The molecule has 2 amide bonds. The van der Waals surface area contributed by atoms with E-state index in [-0.39, 0.29) is 23.7 Å². The Hall–Kier alpha value is -3.22. The molecule has 2 aromatic rings. The van der Waals surface area contributed by atoms with Gasteiger partial charge in [0.1, 0.15) is 5.82 Å². The van der Waals surface area contributed by atoms with Gasteiger partial charge >= 0.3 is 0 Å². The van der Waals surface area contributed by atoms with E-state index in [1.54, 1.807) is 13.0 Å². The summed E-state index contributed by atoms with van der Waals surface area (Å²) >= 11 is 0. The van der Waals surface area contributed by atoms with Crippen molar-refractivity contribution in [2.45, 2.75) is 19.3 Å². The lowest BCUT2D eigenvalue weighted by Crippen LogP contribution is -2.32. The second-order valence-electron chi connectivity index (χ2n) is 6.23. The van der Waals surface area contributed by atoms with E-state index in [1.807, 2.05) is 0 Å². The Bertz CT molecular complexity index is 941. The molecule has 3 rings (SSSR count). The lowest BCUT2D eigenvalue weighted by atomic mass is 9.86. The quantitative estimate of drug-likeness (QED) is 0.864. The molecule has 140 valence electrons. The van der Waals surface area contributed by atoms with Gasteiger partial charge in [-0.1, -0.05) is 12.1 Å². The molecule has 27 heavy (non-hydrogen) atoms. The molecule has 1 unspecified atom stereocenters. The number of ether oxygens (including phenoxy) is 1. The fourth-order valence-electron chi connectivity index (χ4n) is 3.00. The zero-order valence-electron chi connectivity index (χ0n) is 14.8. The van der Waals surface area contributed by atoms with Gasteiger partial charge < -0.3 is 15.4 Å². The number of aryl methyl sites for hydroxylation is 1. The van der Waals surface area contributed by atoms with Gasteiger partial charge in [-0.3, -0.25) is 9.59 Å². The van der Waals surface area contributed by atoms with E-state index in [0.717, 1.165) is 0 Å². The largest absolute Gasteiger partial charge is 0.494 e. The topological polar surface area (TPSA) is 67.4 Å². The van der Waals surface area contributed by atoms with Crippen LogP contribution >= 0.6 is 0 Å². The summed E-state index contributed by atoms with van der Waals surface area (Å²) in [6.45, 7) is 1.65. The van der Waals surface area contributed by atoms with Crippen LogP contribution in [0.2, 0.25) is 0 Å². The van der Waals surface area contributed by atoms with E-state index in [2.05, 4.69) is 10.6 Å². The molecule has 1 heterocycles. The molecule has 0 aromatic heterocycles. The van der Waals surface area contributed by atoms with Crippen molar-refractivity contribution in [3.05, 3.63) is 70.9 Å². The molecule has 0 spiro atoms. The van der Waals surface area contributed by atoms with Gasteiger partial charge in [-0.05, 0) is 36.2 Å². The van der Waals surface area contributed by atoms with Crippen LogP contribution in [0.4, 0.5) is 14.5 Å². The highest BCUT2D eigenvalue weighted by atomic mass is 19.1. The van der Waals surface area contributed by atoms with E-state index in [4.69, 9.17) is 4.74 Å². The number of anilines is 1. The fraction of sp³-hybridized carbons (Fsp3) is 0.200. The number of nitrogens with one attached hydrogen (secondary N) is 2. The van der Waals surface area contributed by atoms with Crippen molar-refractivity contribution in [3.8, 4) is 5.75 Å². The van der Waals surface area contributed by atoms with Gasteiger partial charge in [0, 0.05) is 35.9 Å². The van der Waals surface area contributed by atoms with Crippen LogP contribution in [0, 0.1) is 18.6 Å². The summed E-state index contributed by atoms with van der Waals surface area (Å²) in [5, 5.41) is 5.23. The van der Waals surface area contributed by atoms with Crippen molar-refractivity contribution in [2.75, 3.05) is 12.4 Å². The summed E-state index contributed by atoms with van der Waals surface area (Å²) < 4.78 is 32.3. The molecule has 7 heteroatoms. The number of benzene rings is 2. The van der Waals surface area contributed by atoms with E-state index in [9.17, 15) is 18.4 Å². The van der Waals surface area contributed by atoms with Gasteiger partial charge in [-0.15, -0.1) is 0 Å². The van der Waals surface area contributed by atoms with Crippen molar-refractivity contribution in [3.63, 3.8) is 0 Å². The van der Waals surface area contributed by atoms with Crippen molar-refractivity contribution < 1.29 is 23.1 Å². The summed E-state index contributed by atoms with van der Waals surface area (Å²) in [7, 11) is 1.33. The molecule has 0 bridgehead atoms. The van der Waals surface area contributed by atoms with E-state index in [0.29, 0.717) is 16.8 Å². The minimum Gasteiger partial charge on any atom is -0.494 e. The van der Waals surface area contributed by atoms with Crippen LogP contribution < -0.4 is 15.4 Å². The Morgan fingerprint density at radius 3 is 2.74 bits per heavy atom. The van der Waals surface area contributed by atoms with Crippen LogP contribution in [0.1, 0.15) is 23.5 Å². The SMILES string of the molecule is COc1cc(NC(=O)C2=CNC(=O)CC2c2cccc(F)c2)c(C)cc1F. The second kappa shape index (κ2) is 7.57. The van der Waals surface area contributed by atoms with Crippen molar-refractivity contribution in [2.24, 2.45) is 0 Å². The molecule has 0 radical (unpaired) electrons. The number of hydrogen-bond acceptors (Lipinski definition) is 3. The van der Waals surface area contributed by atoms with E-state index in [1.165, 1.54) is 43.6 Å². The van der Waals surface area contributed by atoms with Crippen LogP contribution in [-0.4, -0.2) is 18.9 Å². The summed E-state index contributed by atoms with van der Waals surface area (Å²) in [5.74, 6) is -2.30. The minimum atomic E-state index is -0.586. The Morgan fingerprint density at radius 1 is 1.26 bits per heavy atom. The number of halogens is 2. The number of carbonyl (C=O) groups is 2.